The second-order valence-corrected chi connectivity index (χ2v) is 6.52. The Labute approximate surface area is 118 Å². The molecule has 1 unspecified atom stereocenters. The summed E-state index contributed by atoms with van der Waals surface area (Å²) >= 11 is 0. The monoisotopic (exact) mass is 270 g/mol. The molecular formula is C15H30N2O2. The quantitative estimate of drug-likeness (QED) is 0.525. The summed E-state index contributed by atoms with van der Waals surface area (Å²) in [6.07, 6.45) is 5.27. The lowest BCUT2D eigenvalue weighted by Crippen LogP contribution is -2.47. The molecule has 4 heteroatoms. The third-order valence-electron chi connectivity index (χ3n) is 3.50. The minimum absolute atomic E-state index is 0.0488. The molecule has 0 aromatic carbocycles. The van der Waals surface area contributed by atoms with Gasteiger partial charge in [0.1, 0.15) is 0 Å². The molecule has 19 heavy (non-hydrogen) atoms. The summed E-state index contributed by atoms with van der Waals surface area (Å²) in [7, 11) is 5.99. The van der Waals surface area contributed by atoms with Crippen LogP contribution in [0.5, 0.6) is 0 Å². The van der Waals surface area contributed by atoms with Crippen LogP contribution < -0.4 is 0 Å². The van der Waals surface area contributed by atoms with Crippen molar-refractivity contribution in [3.63, 3.8) is 0 Å². The number of nitrogens with zero attached hydrogens (tertiary/aromatic N) is 2. The van der Waals surface area contributed by atoms with Gasteiger partial charge in [-0.2, -0.15) is 0 Å². The highest BCUT2D eigenvalue weighted by Crippen LogP contribution is 2.38. The third kappa shape index (κ3) is 6.02. The molecule has 0 saturated carbocycles. The second kappa shape index (κ2) is 7.36. The molecule has 0 aromatic rings. The van der Waals surface area contributed by atoms with Gasteiger partial charge in [-0.3, -0.25) is 4.99 Å². The van der Waals surface area contributed by atoms with Gasteiger partial charge in [-0.25, -0.2) is 0 Å². The average Bonchev–Trinajstić information content (AvgIpc) is 2.26. The van der Waals surface area contributed by atoms with Crippen LogP contribution >= 0.6 is 0 Å². The van der Waals surface area contributed by atoms with Crippen LogP contribution in [0.4, 0.5) is 0 Å². The Morgan fingerprint density at radius 1 is 1.37 bits per heavy atom. The minimum Gasteiger partial charge on any atom is -0.385 e. The fourth-order valence-electron chi connectivity index (χ4n) is 2.99. The molecule has 0 spiro atoms. The Balaban J connectivity index is 2.64. The van der Waals surface area contributed by atoms with E-state index < -0.39 is 0 Å². The van der Waals surface area contributed by atoms with Gasteiger partial charge in [0, 0.05) is 45.0 Å². The largest absolute Gasteiger partial charge is 0.385 e. The van der Waals surface area contributed by atoms with E-state index >= 15 is 0 Å². The van der Waals surface area contributed by atoms with Crippen molar-refractivity contribution in [1.29, 1.82) is 0 Å². The number of rotatable bonds is 7. The van der Waals surface area contributed by atoms with Crippen LogP contribution in [0.25, 0.3) is 0 Å². The van der Waals surface area contributed by atoms with E-state index in [-0.39, 0.29) is 11.0 Å². The molecule has 1 atom stereocenters. The molecule has 0 amide bonds. The summed E-state index contributed by atoms with van der Waals surface area (Å²) in [5.41, 5.74) is 0.102. The number of hydrogen-bond acceptors (Lipinski definition) is 4. The topological polar surface area (TPSA) is 34.1 Å². The summed E-state index contributed by atoms with van der Waals surface area (Å²) in [5, 5.41) is 0. The van der Waals surface area contributed by atoms with Crippen LogP contribution in [0.15, 0.2) is 4.99 Å². The van der Waals surface area contributed by atoms with Gasteiger partial charge >= 0.3 is 0 Å². The Hall–Kier alpha value is -0.450. The molecule has 4 nitrogen and oxygen atoms in total. The predicted molar refractivity (Wildman–Crippen MR) is 80.1 cm³/mol. The first kappa shape index (κ1) is 16.6. The van der Waals surface area contributed by atoms with Crippen LogP contribution in [0, 0.1) is 5.41 Å². The maximum absolute atomic E-state index is 5.85. The predicted octanol–water partition coefficient (Wildman–Crippen LogP) is 2.23. The van der Waals surface area contributed by atoms with Crippen molar-refractivity contribution in [3.8, 4) is 0 Å². The lowest BCUT2D eigenvalue weighted by Gasteiger charge is -2.44. The summed E-state index contributed by atoms with van der Waals surface area (Å²) in [6, 6.07) is 0. The zero-order valence-electron chi connectivity index (χ0n) is 13.2. The van der Waals surface area contributed by atoms with Crippen LogP contribution in [-0.2, 0) is 9.47 Å². The number of hydrogen-bond donors (Lipinski definition) is 0. The fourth-order valence-corrected chi connectivity index (χ4v) is 2.99. The van der Waals surface area contributed by atoms with Crippen molar-refractivity contribution >= 4 is 6.21 Å². The van der Waals surface area contributed by atoms with Gasteiger partial charge in [-0.15, -0.1) is 0 Å². The summed E-state index contributed by atoms with van der Waals surface area (Å²) in [5.74, 6) is 0. The van der Waals surface area contributed by atoms with Gasteiger partial charge in [-0.05, 0) is 47.2 Å². The van der Waals surface area contributed by atoms with E-state index in [0.29, 0.717) is 0 Å². The number of methoxy groups -OCH3 is 1. The maximum atomic E-state index is 5.85. The molecule has 1 saturated heterocycles. The van der Waals surface area contributed by atoms with Crippen LogP contribution in [0.2, 0.25) is 0 Å². The van der Waals surface area contributed by atoms with Crippen molar-refractivity contribution in [2.75, 3.05) is 47.5 Å². The normalized spacial score (nSPS) is 27.3. The van der Waals surface area contributed by atoms with Gasteiger partial charge in [0.15, 0.2) is 0 Å². The first-order valence-corrected chi connectivity index (χ1v) is 7.18. The first-order valence-electron chi connectivity index (χ1n) is 7.18. The summed E-state index contributed by atoms with van der Waals surface area (Å²) in [6.45, 7) is 7.85. The molecule has 0 radical (unpaired) electrons. The fraction of sp³-hybridized carbons (Fsp3) is 0.933. The second-order valence-electron chi connectivity index (χ2n) is 6.52. The minimum atomic E-state index is -0.0488. The Kier molecular flexibility index (Phi) is 6.43. The van der Waals surface area contributed by atoms with Crippen molar-refractivity contribution in [3.05, 3.63) is 0 Å². The Morgan fingerprint density at radius 2 is 2.11 bits per heavy atom. The van der Waals surface area contributed by atoms with E-state index in [1.165, 1.54) is 0 Å². The van der Waals surface area contributed by atoms with Gasteiger partial charge < -0.3 is 14.4 Å². The van der Waals surface area contributed by atoms with E-state index in [0.717, 1.165) is 45.6 Å². The van der Waals surface area contributed by atoms with E-state index in [9.17, 15) is 0 Å². The highest BCUT2D eigenvalue weighted by molar-refractivity contribution is 5.66. The molecule has 0 aromatic heterocycles. The van der Waals surface area contributed by atoms with Gasteiger partial charge in [-0.1, -0.05) is 0 Å². The molecule has 1 rings (SSSR count). The number of ether oxygens (including phenoxy) is 2. The van der Waals surface area contributed by atoms with E-state index in [1.807, 2.05) is 0 Å². The van der Waals surface area contributed by atoms with Gasteiger partial charge in [0.2, 0.25) is 0 Å². The zero-order chi connectivity index (χ0) is 14.4. The zero-order valence-corrected chi connectivity index (χ0v) is 13.2. The highest BCUT2D eigenvalue weighted by Gasteiger charge is 2.40. The Morgan fingerprint density at radius 3 is 2.68 bits per heavy atom. The third-order valence-corrected chi connectivity index (χ3v) is 3.50. The van der Waals surface area contributed by atoms with E-state index in [1.54, 1.807) is 7.11 Å². The summed E-state index contributed by atoms with van der Waals surface area (Å²) in [4.78, 5) is 6.89. The van der Waals surface area contributed by atoms with Crippen molar-refractivity contribution < 1.29 is 9.47 Å². The van der Waals surface area contributed by atoms with Crippen LogP contribution in [0.1, 0.15) is 33.1 Å². The molecule has 112 valence electrons. The number of aliphatic imine (C=N–C) groups is 1. The molecule has 0 N–H and O–H groups in total. The molecule has 0 bridgehead atoms. The van der Waals surface area contributed by atoms with Crippen molar-refractivity contribution in [1.82, 2.24) is 4.90 Å². The molecule has 1 aliphatic heterocycles. The molecule has 1 heterocycles. The van der Waals surface area contributed by atoms with Crippen molar-refractivity contribution in [2.24, 2.45) is 10.4 Å². The summed E-state index contributed by atoms with van der Waals surface area (Å²) < 4.78 is 10.9. The first-order chi connectivity index (χ1) is 8.89. The van der Waals surface area contributed by atoms with Crippen LogP contribution in [-0.4, -0.2) is 64.2 Å². The van der Waals surface area contributed by atoms with Crippen molar-refractivity contribution in [2.45, 2.75) is 38.7 Å². The Bertz CT molecular complexity index is 290. The van der Waals surface area contributed by atoms with Gasteiger partial charge in [0.05, 0.1) is 5.60 Å². The van der Waals surface area contributed by atoms with E-state index in [2.05, 4.69) is 44.0 Å². The smallest absolute Gasteiger partial charge is 0.0635 e. The molecule has 0 aliphatic carbocycles. The molecule has 1 fully saturated rings. The lowest BCUT2D eigenvalue weighted by molar-refractivity contribution is -0.0887. The molecule has 1 aliphatic rings. The molecular weight excluding hydrogens is 240 g/mol. The lowest BCUT2D eigenvalue weighted by atomic mass is 9.74. The van der Waals surface area contributed by atoms with Gasteiger partial charge in [0.25, 0.3) is 0 Å². The standard InChI is InChI=1S/C15H30N2O2/c1-14(2)11-15(7-10-19-14,13-17(3)4)12-16-8-6-9-18-5/h12H,6-11,13H2,1-5H3. The van der Waals surface area contributed by atoms with E-state index in [4.69, 9.17) is 9.47 Å². The highest BCUT2D eigenvalue weighted by atomic mass is 16.5. The average molecular weight is 270 g/mol. The SMILES string of the molecule is COCCCN=CC1(CN(C)C)CCOC(C)(C)C1. The van der Waals surface area contributed by atoms with Crippen LogP contribution in [0.3, 0.4) is 0 Å². The maximum Gasteiger partial charge on any atom is 0.0635 e.